The molecule has 1 aliphatic rings. The smallest absolute Gasteiger partial charge is 0.235 e. The Bertz CT molecular complexity index is 650. The summed E-state index contributed by atoms with van der Waals surface area (Å²) >= 11 is 0. The number of anilines is 1. The molecule has 21 heavy (non-hydrogen) atoms. The first kappa shape index (κ1) is 13.7. The number of aromatic nitrogens is 1. The van der Waals surface area contributed by atoms with Crippen molar-refractivity contribution in [1.82, 2.24) is 4.98 Å². The number of ether oxygens (including phenoxy) is 1. The van der Waals surface area contributed by atoms with Crippen LogP contribution < -0.4 is 4.90 Å². The molecule has 1 aromatic carbocycles. The first-order chi connectivity index (χ1) is 10.2. The lowest BCUT2D eigenvalue weighted by atomic mass is 10.2. The minimum absolute atomic E-state index is 0.102. The Morgan fingerprint density at radius 2 is 1.86 bits per heavy atom. The zero-order valence-electron chi connectivity index (χ0n) is 12.1. The van der Waals surface area contributed by atoms with Crippen molar-refractivity contribution in [3.63, 3.8) is 0 Å². The normalized spacial score (nSPS) is 22.0. The number of benzene rings is 1. The first-order valence-corrected chi connectivity index (χ1v) is 7.04. The number of morpholine rings is 1. The molecular formula is C16H17N3O2. The molecule has 2 atom stereocenters. The Morgan fingerprint density at radius 1 is 1.19 bits per heavy atom. The summed E-state index contributed by atoms with van der Waals surface area (Å²) in [6.07, 6.45) is 0.205. The second-order valence-electron chi connectivity index (χ2n) is 5.31. The molecular weight excluding hydrogens is 266 g/mol. The van der Waals surface area contributed by atoms with E-state index < -0.39 is 0 Å². The molecule has 0 saturated carbocycles. The van der Waals surface area contributed by atoms with Gasteiger partial charge in [-0.15, -0.1) is 0 Å². The molecule has 0 unspecified atom stereocenters. The highest BCUT2D eigenvalue weighted by molar-refractivity contribution is 5.59. The van der Waals surface area contributed by atoms with Crippen molar-refractivity contribution < 1.29 is 9.15 Å². The lowest BCUT2D eigenvalue weighted by molar-refractivity contribution is -0.00638. The average molecular weight is 283 g/mol. The molecule has 0 aliphatic carbocycles. The molecule has 2 heterocycles. The molecule has 1 aliphatic heterocycles. The topological polar surface area (TPSA) is 62.3 Å². The third kappa shape index (κ3) is 2.76. The van der Waals surface area contributed by atoms with Crippen molar-refractivity contribution in [3.8, 4) is 17.5 Å². The number of hydrogen-bond acceptors (Lipinski definition) is 5. The quantitative estimate of drug-likeness (QED) is 0.848. The highest BCUT2D eigenvalue weighted by atomic mass is 16.5. The van der Waals surface area contributed by atoms with Crippen LogP contribution in [-0.2, 0) is 4.74 Å². The zero-order valence-corrected chi connectivity index (χ0v) is 12.1. The molecule has 5 heteroatoms. The summed E-state index contributed by atoms with van der Waals surface area (Å²) < 4.78 is 11.6. The maximum absolute atomic E-state index is 9.31. The van der Waals surface area contributed by atoms with E-state index >= 15 is 0 Å². The fourth-order valence-electron chi connectivity index (χ4n) is 2.65. The summed E-state index contributed by atoms with van der Waals surface area (Å²) in [6, 6.07) is 11.7. The Hall–Kier alpha value is -2.32. The Kier molecular flexibility index (Phi) is 3.63. The van der Waals surface area contributed by atoms with Gasteiger partial charge in [0, 0.05) is 18.7 Å². The van der Waals surface area contributed by atoms with E-state index in [9.17, 15) is 5.26 Å². The first-order valence-electron chi connectivity index (χ1n) is 7.04. The lowest BCUT2D eigenvalue weighted by Crippen LogP contribution is -2.45. The monoisotopic (exact) mass is 283 g/mol. The van der Waals surface area contributed by atoms with E-state index in [1.807, 2.05) is 49.1 Å². The van der Waals surface area contributed by atoms with Crippen molar-refractivity contribution >= 4 is 5.88 Å². The number of oxazole rings is 1. The van der Waals surface area contributed by atoms with E-state index in [2.05, 4.69) is 11.1 Å². The molecule has 2 aromatic rings. The van der Waals surface area contributed by atoms with Crippen LogP contribution in [0.15, 0.2) is 34.7 Å². The van der Waals surface area contributed by atoms with E-state index in [0.717, 1.165) is 5.56 Å². The largest absolute Gasteiger partial charge is 0.419 e. The predicted octanol–water partition coefficient (Wildman–Crippen LogP) is 2.83. The molecule has 3 rings (SSSR count). The van der Waals surface area contributed by atoms with Crippen LogP contribution >= 0.6 is 0 Å². The summed E-state index contributed by atoms with van der Waals surface area (Å²) in [5.41, 5.74) is 1.20. The van der Waals surface area contributed by atoms with Gasteiger partial charge in [0.05, 0.1) is 12.2 Å². The summed E-state index contributed by atoms with van der Waals surface area (Å²) in [6.45, 7) is 5.43. The van der Waals surface area contributed by atoms with E-state index in [4.69, 9.17) is 9.15 Å². The van der Waals surface area contributed by atoms with E-state index in [-0.39, 0.29) is 12.2 Å². The van der Waals surface area contributed by atoms with Crippen molar-refractivity contribution in [2.75, 3.05) is 18.0 Å². The predicted molar refractivity (Wildman–Crippen MR) is 78.9 cm³/mol. The van der Waals surface area contributed by atoms with Crippen LogP contribution in [0.3, 0.4) is 0 Å². The summed E-state index contributed by atoms with van der Waals surface area (Å²) in [5, 5.41) is 9.31. The van der Waals surface area contributed by atoms with Crippen LogP contribution in [0.25, 0.3) is 11.5 Å². The molecule has 1 fully saturated rings. The van der Waals surface area contributed by atoms with Gasteiger partial charge in [-0.25, -0.2) is 0 Å². The van der Waals surface area contributed by atoms with Crippen molar-refractivity contribution in [2.45, 2.75) is 26.1 Å². The van der Waals surface area contributed by atoms with Gasteiger partial charge in [-0.3, -0.25) is 0 Å². The van der Waals surface area contributed by atoms with Gasteiger partial charge in [0.15, 0.2) is 0 Å². The SMILES string of the molecule is C[C@H]1CN(c2oc(-c3ccccc3)nc2C#N)C[C@H](C)O1. The zero-order chi connectivity index (χ0) is 14.8. The Morgan fingerprint density at radius 3 is 2.48 bits per heavy atom. The van der Waals surface area contributed by atoms with Crippen molar-refractivity contribution in [1.29, 1.82) is 5.26 Å². The van der Waals surface area contributed by atoms with Gasteiger partial charge in [-0.05, 0) is 26.0 Å². The molecule has 0 spiro atoms. The lowest BCUT2D eigenvalue weighted by Gasteiger charge is -2.34. The average Bonchev–Trinajstić information content (AvgIpc) is 2.91. The van der Waals surface area contributed by atoms with Gasteiger partial charge in [-0.1, -0.05) is 18.2 Å². The second-order valence-corrected chi connectivity index (χ2v) is 5.31. The molecule has 1 saturated heterocycles. The third-order valence-corrected chi connectivity index (χ3v) is 3.44. The van der Waals surface area contributed by atoms with Gasteiger partial charge in [0.1, 0.15) is 6.07 Å². The Labute approximate surface area is 123 Å². The summed E-state index contributed by atoms with van der Waals surface area (Å²) in [7, 11) is 0. The third-order valence-electron chi connectivity index (χ3n) is 3.44. The molecule has 0 bridgehead atoms. The maximum Gasteiger partial charge on any atom is 0.235 e. The van der Waals surface area contributed by atoms with E-state index in [1.165, 1.54) is 0 Å². The van der Waals surface area contributed by atoms with Crippen LogP contribution in [0.5, 0.6) is 0 Å². The van der Waals surface area contributed by atoms with Gasteiger partial charge in [-0.2, -0.15) is 10.2 Å². The fraction of sp³-hybridized carbons (Fsp3) is 0.375. The minimum atomic E-state index is 0.102. The van der Waals surface area contributed by atoms with Crippen LogP contribution in [0, 0.1) is 11.3 Å². The molecule has 108 valence electrons. The number of hydrogen-bond donors (Lipinski definition) is 0. The fourth-order valence-corrected chi connectivity index (χ4v) is 2.65. The highest BCUT2D eigenvalue weighted by Crippen LogP contribution is 2.29. The molecule has 0 N–H and O–H groups in total. The summed E-state index contributed by atoms with van der Waals surface area (Å²) in [5.74, 6) is 1.02. The number of rotatable bonds is 2. The van der Waals surface area contributed by atoms with Gasteiger partial charge >= 0.3 is 0 Å². The van der Waals surface area contributed by atoms with Gasteiger partial charge < -0.3 is 14.1 Å². The molecule has 0 radical (unpaired) electrons. The standard InChI is InChI=1S/C16H17N3O2/c1-11-9-19(10-12(2)20-11)16-14(8-17)18-15(21-16)13-6-4-3-5-7-13/h3-7,11-12H,9-10H2,1-2H3/t11-,12-/m0/s1. The highest BCUT2D eigenvalue weighted by Gasteiger charge is 2.28. The van der Waals surface area contributed by atoms with Gasteiger partial charge in [0.2, 0.25) is 17.5 Å². The van der Waals surface area contributed by atoms with Crippen LogP contribution in [-0.4, -0.2) is 30.3 Å². The van der Waals surface area contributed by atoms with Crippen LogP contribution in [0.4, 0.5) is 5.88 Å². The van der Waals surface area contributed by atoms with Crippen molar-refractivity contribution in [2.24, 2.45) is 0 Å². The van der Waals surface area contributed by atoms with E-state index in [1.54, 1.807) is 0 Å². The van der Waals surface area contributed by atoms with Crippen LogP contribution in [0.1, 0.15) is 19.5 Å². The molecule has 0 amide bonds. The van der Waals surface area contributed by atoms with Gasteiger partial charge in [0.25, 0.3) is 0 Å². The second kappa shape index (κ2) is 5.58. The summed E-state index contributed by atoms with van der Waals surface area (Å²) in [4.78, 5) is 6.35. The number of nitriles is 1. The maximum atomic E-state index is 9.31. The number of nitrogens with zero attached hydrogens (tertiary/aromatic N) is 3. The minimum Gasteiger partial charge on any atom is -0.419 e. The van der Waals surface area contributed by atoms with E-state index in [0.29, 0.717) is 30.6 Å². The van der Waals surface area contributed by atoms with Crippen LogP contribution in [0.2, 0.25) is 0 Å². The molecule has 1 aromatic heterocycles. The van der Waals surface area contributed by atoms with Crippen molar-refractivity contribution in [3.05, 3.63) is 36.0 Å². The molecule has 5 nitrogen and oxygen atoms in total. The Balaban J connectivity index is 1.96.